The number of aliphatic imine (C=N–C) groups is 1. The fourth-order valence-electron chi connectivity index (χ4n) is 2.59. The van der Waals surface area contributed by atoms with E-state index in [2.05, 4.69) is 26.4 Å². The molecule has 0 spiro atoms. The second-order valence-corrected chi connectivity index (χ2v) is 5.48. The summed E-state index contributed by atoms with van der Waals surface area (Å²) in [6.07, 6.45) is 6.21. The van der Waals surface area contributed by atoms with E-state index in [1.165, 1.54) is 12.1 Å². The Hall–Kier alpha value is -1.56. The molecule has 0 aromatic heterocycles. The third-order valence-electron chi connectivity index (χ3n) is 3.76. The van der Waals surface area contributed by atoms with Crippen molar-refractivity contribution in [2.75, 3.05) is 37.6 Å². The van der Waals surface area contributed by atoms with E-state index in [9.17, 15) is 8.78 Å². The van der Waals surface area contributed by atoms with Crippen LogP contribution < -0.4 is 15.5 Å². The number of benzene rings is 1. The average molecular weight is 448 g/mol. The lowest BCUT2D eigenvalue weighted by Gasteiger charge is -2.18. The summed E-state index contributed by atoms with van der Waals surface area (Å²) in [4.78, 5) is 6.59. The number of nitrogens with zero attached hydrogens (tertiary/aromatic N) is 2. The topological polar surface area (TPSA) is 39.7 Å². The predicted octanol–water partition coefficient (Wildman–Crippen LogP) is 2.60. The molecule has 1 heterocycles. The minimum absolute atomic E-state index is 0. The molecule has 7 heteroatoms. The fraction of sp³-hybridized carbons (Fsp3) is 0.471. The molecule has 0 aliphatic carbocycles. The van der Waals surface area contributed by atoms with Gasteiger partial charge in [0.2, 0.25) is 0 Å². The third-order valence-corrected chi connectivity index (χ3v) is 3.76. The molecule has 132 valence electrons. The van der Waals surface area contributed by atoms with Gasteiger partial charge in [0.15, 0.2) is 17.6 Å². The maximum atomic E-state index is 13.3. The van der Waals surface area contributed by atoms with Crippen molar-refractivity contribution in [2.24, 2.45) is 10.9 Å². The van der Waals surface area contributed by atoms with Gasteiger partial charge >= 0.3 is 0 Å². The normalized spacial score (nSPS) is 17.2. The Balaban J connectivity index is 0.00000288. The quantitative estimate of drug-likeness (QED) is 0.315. The van der Waals surface area contributed by atoms with E-state index >= 15 is 0 Å². The summed E-state index contributed by atoms with van der Waals surface area (Å²) >= 11 is 0. The molecule has 0 bridgehead atoms. The predicted molar refractivity (Wildman–Crippen MR) is 105 cm³/mol. The highest BCUT2D eigenvalue weighted by Gasteiger charge is 2.23. The van der Waals surface area contributed by atoms with Gasteiger partial charge in [-0.15, -0.1) is 30.4 Å². The molecule has 4 nitrogen and oxygen atoms in total. The van der Waals surface area contributed by atoms with Crippen molar-refractivity contribution in [3.05, 3.63) is 29.8 Å². The largest absolute Gasteiger partial charge is 0.371 e. The van der Waals surface area contributed by atoms with Gasteiger partial charge < -0.3 is 15.5 Å². The summed E-state index contributed by atoms with van der Waals surface area (Å²) in [7, 11) is 0. The summed E-state index contributed by atoms with van der Waals surface area (Å²) in [5.74, 6) is 1.98. The maximum absolute atomic E-state index is 13.3. The van der Waals surface area contributed by atoms with Crippen molar-refractivity contribution >= 4 is 35.6 Å². The van der Waals surface area contributed by atoms with Crippen LogP contribution >= 0.6 is 24.0 Å². The van der Waals surface area contributed by atoms with Gasteiger partial charge in [0.05, 0.1) is 6.54 Å². The van der Waals surface area contributed by atoms with Crippen molar-refractivity contribution < 1.29 is 8.78 Å². The van der Waals surface area contributed by atoms with Crippen molar-refractivity contribution in [1.29, 1.82) is 0 Å². The standard InChI is InChI=1S/C17H22F2N4.HI/c1-3-8-21-17(20-4-2)22-11-13-7-9-23(12-13)14-5-6-15(18)16(19)10-14;/h1,5-6,10,13H,4,7-9,11-12H2,2H3,(H2,20,21,22);1H. The van der Waals surface area contributed by atoms with Crippen LogP contribution in [0.15, 0.2) is 23.2 Å². The molecule has 2 rings (SSSR count). The van der Waals surface area contributed by atoms with Crippen LogP contribution in [0.5, 0.6) is 0 Å². The average Bonchev–Trinajstić information content (AvgIpc) is 3.01. The van der Waals surface area contributed by atoms with Crippen LogP contribution in [0.1, 0.15) is 13.3 Å². The number of terminal acetylenes is 1. The van der Waals surface area contributed by atoms with Crippen molar-refractivity contribution in [2.45, 2.75) is 13.3 Å². The van der Waals surface area contributed by atoms with Gasteiger partial charge in [0.25, 0.3) is 0 Å². The van der Waals surface area contributed by atoms with E-state index in [1.54, 1.807) is 6.07 Å². The molecule has 1 fully saturated rings. The second kappa shape index (κ2) is 10.3. The Morgan fingerprint density at radius 1 is 1.38 bits per heavy atom. The van der Waals surface area contributed by atoms with Crippen LogP contribution in [0.2, 0.25) is 0 Å². The molecule has 0 saturated carbocycles. The molecule has 0 amide bonds. The second-order valence-electron chi connectivity index (χ2n) is 5.48. The van der Waals surface area contributed by atoms with Crippen LogP contribution in [-0.2, 0) is 0 Å². The van der Waals surface area contributed by atoms with Gasteiger partial charge in [-0.05, 0) is 31.4 Å². The van der Waals surface area contributed by atoms with Gasteiger partial charge in [0, 0.05) is 37.9 Å². The Morgan fingerprint density at radius 3 is 2.83 bits per heavy atom. The molecule has 0 radical (unpaired) electrons. The molecule has 24 heavy (non-hydrogen) atoms. The minimum atomic E-state index is -0.816. The van der Waals surface area contributed by atoms with Gasteiger partial charge in [-0.2, -0.15) is 0 Å². The fourth-order valence-corrected chi connectivity index (χ4v) is 2.59. The molecule has 1 unspecified atom stereocenters. The summed E-state index contributed by atoms with van der Waals surface area (Å²) < 4.78 is 26.3. The number of guanidine groups is 1. The lowest BCUT2D eigenvalue weighted by molar-refractivity contribution is 0.508. The molecule has 1 aliphatic heterocycles. The molecule has 1 aromatic rings. The monoisotopic (exact) mass is 448 g/mol. The molecule has 1 aromatic carbocycles. The zero-order chi connectivity index (χ0) is 16.7. The number of anilines is 1. The van der Waals surface area contributed by atoms with Crippen LogP contribution in [0.3, 0.4) is 0 Å². The van der Waals surface area contributed by atoms with Crippen LogP contribution in [-0.4, -0.2) is 38.7 Å². The molecule has 1 saturated heterocycles. The van der Waals surface area contributed by atoms with E-state index in [-0.39, 0.29) is 24.0 Å². The Morgan fingerprint density at radius 2 is 2.17 bits per heavy atom. The number of hydrogen-bond acceptors (Lipinski definition) is 2. The summed E-state index contributed by atoms with van der Waals surface area (Å²) in [6, 6.07) is 4.03. The highest BCUT2D eigenvalue weighted by molar-refractivity contribution is 14.0. The van der Waals surface area contributed by atoms with Gasteiger partial charge in [-0.25, -0.2) is 8.78 Å². The number of rotatable bonds is 5. The minimum Gasteiger partial charge on any atom is -0.371 e. The van der Waals surface area contributed by atoms with E-state index < -0.39 is 11.6 Å². The number of halogens is 3. The van der Waals surface area contributed by atoms with E-state index in [4.69, 9.17) is 6.42 Å². The molecular formula is C17H23F2IN4. The highest BCUT2D eigenvalue weighted by atomic mass is 127. The van der Waals surface area contributed by atoms with Crippen LogP contribution in [0, 0.1) is 29.9 Å². The molecule has 1 aliphatic rings. The third kappa shape index (κ3) is 5.82. The highest BCUT2D eigenvalue weighted by Crippen LogP contribution is 2.25. The lowest BCUT2D eigenvalue weighted by atomic mass is 10.1. The lowest BCUT2D eigenvalue weighted by Crippen LogP contribution is -2.37. The van der Waals surface area contributed by atoms with Crippen LogP contribution in [0.4, 0.5) is 14.5 Å². The zero-order valence-electron chi connectivity index (χ0n) is 13.7. The van der Waals surface area contributed by atoms with Crippen molar-refractivity contribution in [1.82, 2.24) is 10.6 Å². The van der Waals surface area contributed by atoms with Gasteiger partial charge in [-0.1, -0.05) is 5.92 Å². The first-order valence-corrected chi connectivity index (χ1v) is 7.79. The first-order valence-electron chi connectivity index (χ1n) is 7.79. The zero-order valence-corrected chi connectivity index (χ0v) is 16.0. The molecular weight excluding hydrogens is 425 g/mol. The number of hydrogen-bond donors (Lipinski definition) is 2. The SMILES string of the molecule is C#CCNC(=NCC1CCN(c2ccc(F)c(F)c2)C1)NCC.I. The van der Waals surface area contributed by atoms with Gasteiger partial charge in [-0.3, -0.25) is 4.99 Å². The maximum Gasteiger partial charge on any atom is 0.192 e. The summed E-state index contributed by atoms with van der Waals surface area (Å²) in [5, 5.41) is 6.19. The van der Waals surface area contributed by atoms with Crippen molar-refractivity contribution in [3.63, 3.8) is 0 Å². The Kier molecular flexibility index (Phi) is 8.82. The van der Waals surface area contributed by atoms with Gasteiger partial charge in [0.1, 0.15) is 0 Å². The smallest absolute Gasteiger partial charge is 0.192 e. The molecule has 2 N–H and O–H groups in total. The van der Waals surface area contributed by atoms with Crippen molar-refractivity contribution in [3.8, 4) is 12.3 Å². The first kappa shape index (κ1) is 20.5. The summed E-state index contributed by atoms with van der Waals surface area (Å²) in [5.41, 5.74) is 0.716. The number of nitrogens with one attached hydrogen (secondary N) is 2. The molecule has 1 atom stereocenters. The van der Waals surface area contributed by atoms with E-state index in [0.717, 1.165) is 26.1 Å². The Labute approximate surface area is 159 Å². The van der Waals surface area contributed by atoms with Crippen LogP contribution in [0.25, 0.3) is 0 Å². The van der Waals surface area contributed by atoms with E-state index in [1.807, 2.05) is 6.92 Å². The Bertz CT molecular complexity index is 601. The summed E-state index contributed by atoms with van der Waals surface area (Å²) in [6.45, 7) is 5.45. The van der Waals surface area contributed by atoms with E-state index in [0.29, 0.717) is 30.7 Å². The first-order chi connectivity index (χ1) is 11.1.